The smallest absolute Gasteiger partial charge is 0.255 e. The van der Waals surface area contributed by atoms with E-state index in [0.717, 1.165) is 12.1 Å². The predicted molar refractivity (Wildman–Crippen MR) is 72.7 cm³/mol. The van der Waals surface area contributed by atoms with Gasteiger partial charge in [-0.1, -0.05) is 13.8 Å². The van der Waals surface area contributed by atoms with Gasteiger partial charge in [0, 0.05) is 18.7 Å². The van der Waals surface area contributed by atoms with Crippen LogP contribution in [0, 0.1) is 11.7 Å². The summed E-state index contributed by atoms with van der Waals surface area (Å²) in [5.74, 6) is -1.04. The second-order valence-corrected chi connectivity index (χ2v) is 5.25. The molecule has 1 aromatic rings. The molecule has 0 radical (unpaired) electrons. The summed E-state index contributed by atoms with van der Waals surface area (Å²) in [4.78, 5) is 14.0. The number of aromatic hydroxyl groups is 1. The Morgan fingerprint density at radius 3 is 2.53 bits per heavy atom. The van der Waals surface area contributed by atoms with Crippen molar-refractivity contribution >= 4 is 5.91 Å². The topological polar surface area (TPSA) is 52.6 Å². The fraction of sp³-hybridized carbons (Fsp3) is 0.500. The quantitative estimate of drug-likeness (QED) is 0.857. The molecule has 0 saturated carbocycles. The van der Waals surface area contributed by atoms with E-state index in [0.29, 0.717) is 6.54 Å². The fourth-order valence-electron chi connectivity index (χ4n) is 1.76. The summed E-state index contributed by atoms with van der Waals surface area (Å²) < 4.78 is 12.9. The van der Waals surface area contributed by atoms with Crippen LogP contribution in [0.1, 0.15) is 24.2 Å². The van der Waals surface area contributed by atoms with E-state index in [9.17, 15) is 14.3 Å². The van der Waals surface area contributed by atoms with E-state index in [1.54, 1.807) is 0 Å². The van der Waals surface area contributed by atoms with Crippen molar-refractivity contribution in [2.75, 3.05) is 20.6 Å². The van der Waals surface area contributed by atoms with Crippen LogP contribution in [0.5, 0.6) is 5.75 Å². The van der Waals surface area contributed by atoms with Crippen molar-refractivity contribution in [1.82, 2.24) is 10.2 Å². The third kappa shape index (κ3) is 4.52. The molecule has 1 amide bonds. The summed E-state index contributed by atoms with van der Waals surface area (Å²) in [7, 11) is 3.85. The van der Waals surface area contributed by atoms with Gasteiger partial charge >= 0.3 is 0 Å². The minimum absolute atomic E-state index is 0.0352. The Balaban J connectivity index is 2.81. The largest absolute Gasteiger partial charge is 0.507 e. The Labute approximate surface area is 113 Å². The van der Waals surface area contributed by atoms with Gasteiger partial charge in [-0.2, -0.15) is 0 Å². The average Bonchev–Trinajstić information content (AvgIpc) is 2.26. The van der Waals surface area contributed by atoms with E-state index >= 15 is 0 Å². The molecule has 0 aromatic heterocycles. The zero-order chi connectivity index (χ0) is 14.6. The normalized spacial score (nSPS) is 12.8. The zero-order valence-corrected chi connectivity index (χ0v) is 11.8. The first-order valence-corrected chi connectivity index (χ1v) is 6.25. The van der Waals surface area contributed by atoms with Crippen LogP contribution in [0.25, 0.3) is 0 Å². The van der Waals surface area contributed by atoms with Gasteiger partial charge in [0.1, 0.15) is 11.6 Å². The van der Waals surface area contributed by atoms with Crippen LogP contribution in [0.3, 0.4) is 0 Å². The summed E-state index contributed by atoms with van der Waals surface area (Å²) in [5.41, 5.74) is 0.0887. The number of halogens is 1. The van der Waals surface area contributed by atoms with Gasteiger partial charge in [0.2, 0.25) is 0 Å². The molecule has 5 heteroatoms. The van der Waals surface area contributed by atoms with Gasteiger partial charge in [-0.05, 0) is 32.1 Å². The lowest BCUT2D eigenvalue weighted by Crippen LogP contribution is -2.45. The first-order chi connectivity index (χ1) is 8.81. The van der Waals surface area contributed by atoms with Crippen LogP contribution in [0.15, 0.2) is 18.2 Å². The molecule has 0 aliphatic carbocycles. The first-order valence-electron chi connectivity index (χ1n) is 6.25. The monoisotopic (exact) mass is 268 g/mol. The van der Waals surface area contributed by atoms with E-state index in [-0.39, 0.29) is 23.3 Å². The van der Waals surface area contributed by atoms with Gasteiger partial charge in [0.05, 0.1) is 5.56 Å². The zero-order valence-electron chi connectivity index (χ0n) is 11.8. The van der Waals surface area contributed by atoms with Crippen molar-refractivity contribution in [1.29, 1.82) is 0 Å². The Hall–Kier alpha value is -1.62. The highest BCUT2D eigenvalue weighted by molar-refractivity contribution is 5.96. The molecular weight excluding hydrogens is 247 g/mol. The molecule has 1 unspecified atom stereocenters. The van der Waals surface area contributed by atoms with E-state index in [1.807, 2.05) is 32.8 Å². The Kier molecular flexibility index (Phi) is 5.30. The number of hydrogen-bond donors (Lipinski definition) is 2. The molecule has 0 heterocycles. The molecule has 0 spiro atoms. The van der Waals surface area contributed by atoms with Crippen molar-refractivity contribution in [2.24, 2.45) is 5.92 Å². The summed E-state index contributed by atoms with van der Waals surface area (Å²) in [6.45, 7) is 4.73. The lowest BCUT2D eigenvalue weighted by Gasteiger charge is -2.25. The van der Waals surface area contributed by atoms with Crippen molar-refractivity contribution in [2.45, 2.75) is 19.9 Å². The molecule has 1 rings (SSSR count). The third-order valence-corrected chi connectivity index (χ3v) is 2.89. The number of amides is 1. The van der Waals surface area contributed by atoms with Crippen LogP contribution in [0.2, 0.25) is 0 Å². The Morgan fingerprint density at radius 2 is 2.05 bits per heavy atom. The highest BCUT2D eigenvalue weighted by Crippen LogP contribution is 2.18. The molecule has 106 valence electrons. The van der Waals surface area contributed by atoms with Gasteiger partial charge in [-0.25, -0.2) is 4.39 Å². The number of phenolic OH excluding ortho intramolecular Hbond substituents is 1. The van der Waals surface area contributed by atoms with Gasteiger partial charge in [-0.15, -0.1) is 0 Å². The molecule has 4 nitrogen and oxygen atoms in total. The number of hydrogen-bond acceptors (Lipinski definition) is 3. The standard InChI is InChI=1S/C14H21FN2O2/c1-9(2)12(8-17(3)4)16-14(19)11-6-5-10(15)7-13(11)18/h5-7,9,12,18H,8H2,1-4H3,(H,16,19). The van der Waals surface area contributed by atoms with Crippen LogP contribution in [-0.2, 0) is 0 Å². The molecule has 0 aliphatic heterocycles. The Bertz CT molecular complexity index is 447. The maximum atomic E-state index is 12.9. The number of nitrogens with one attached hydrogen (secondary N) is 1. The minimum Gasteiger partial charge on any atom is -0.507 e. The van der Waals surface area contributed by atoms with Gasteiger partial charge in [0.15, 0.2) is 0 Å². The average molecular weight is 268 g/mol. The van der Waals surface area contributed by atoms with E-state index in [1.165, 1.54) is 6.07 Å². The fourth-order valence-corrected chi connectivity index (χ4v) is 1.76. The van der Waals surface area contributed by atoms with Gasteiger partial charge < -0.3 is 15.3 Å². The third-order valence-electron chi connectivity index (χ3n) is 2.89. The molecule has 0 bridgehead atoms. The van der Waals surface area contributed by atoms with Gasteiger partial charge in [-0.3, -0.25) is 4.79 Å². The molecule has 1 aromatic carbocycles. The van der Waals surface area contributed by atoms with Crippen LogP contribution in [-0.4, -0.2) is 42.6 Å². The summed E-state index contributed by atoms with van der Waals surface area (Å²) in [5, 5.41) is 12.4. The second-order valence-electron chi connectivity index (χ2n) is 5.25. The highest BCUT2D eigenvalue weighted by Gasteiger charge is 2.19. The molecule has 19 heavy (non-hydrogen) atoms. The van der Waals surface area contributed by atoms with Crippen LogP contribution >= 0.6 is 0 Å². The number of carbonyl (C=O) groups excluding carboxylic acids is 1. The number of likely N-dealkylation sites (N-methyl/N-ethyl adjacent to an activating group) is 1. The molecule has 1 atom stereocenters. The number of rotatable bonds is 5. The SMILES string of the molecule is CC(C)C(CN(C)C)NC(=O)c1ccc(F)cc1O. The lowest BCUT2D eigenvalue weighted by atomic mass is 10.0. The number of phenols is 1. The maximum absolute atomic E-state index is 12.9. The molecule has 2 N–H and O–H groups in total. The van der Waals surface area contributed by atoms with E-state index in [4.69, 9.17) is 0 Å². The van der Waals surface area contributed by atoms with Crippen LogP contribution < -0.4 is 5.32 Å². The number of nitrogens with zero attached hydrogens (tertiary/aromatic N) is 1. The number of carbonyl (C=O) groups is 1. The maximum Gasteiger partial charge on any atom is 0.255 e. The number of benzene rings is 1. The minimum atomic E-state index is -0.567. The lowest BCUT2D eigenvalue weighted by molar-refractivity contribution is 0.0914. The molecular formula is C14H21FN2O2. The van der Waals surface area contributed by atoms with Gasteiger partial charge in [0.25, 0.3) is 5.91 Å². The van der Waals surface area contributed by atoms with Crippen molar-refractivity contribution in [3.05, 3.63) is 29.6 Å². The first kappa shape index (κ1) is 15.4. The molecule has 0 fully saturated rings. The molecule has 0 aliphatic rings. The predicted octanol–water partition coefficient (Wildman–Crippen LogP) is 1.85. The summed E-state index contributed by atoms with van der Waals surface area (Å²) in [6.07, 6.45) is 0. The van der Waals surface area contributed by atoms with Crippen molar-refractivity contribution < 1.29 is 14.3 Å². The second kappa shape index (κ2) is 6.52. The van der Waals surface area contributed by atoms with Crippen molar-refractivity contribution in [3.63, 3.8) is 0 Å². The highest BCUT2D eigenvalue weighted by atomic mass is 19.1. The Morgan fingerprint density at radius 1 is 1.42 bits per heavy atom. The van der Waals surface area contributed by atoms with Crippen LogP contribution in [0.4, 0.5) is 4.39 Å². The van der Waals surface area contributed by atoms with E-state index < -0.39 is 11.7 Å². The summed E-state index contributed by atoms with van der Waals surface area (Å²) >= 11 is 0. The van der Waals surface area contributed by atoms with Crippen molar-refractivity contribution in [3.8, 4) is 5.75 Å². The van der Waals surface area contributed by atoms with E-state index in [2.05, 4.69) is 5.32 Å². The molecule has 0 saturated heterocycles. The summed E-state index contributed by atoms with van der Waals surface area (Å²) in [6, 6.07) is 3.34.